The van der Waals surface area contributed by atoms with E-state index in [9.17, 15) is 9.18 Å². The average molecular weight is 379 g/mol. The van der Waals surface area contributed by atoms with E-state index in [-0.39, 0.29) is 11.5 Å². The van der Waals surface area contributed by atoms with Gasteiger partial charge in [-0.25, -0.2) is 4.39 Å². The number of pyridine rings is 2. The van der Waals surface area contributed by atoms with Crippen molar-refractivity contribution in [2.45, 2.75) is 0 Å². The molecule has 1 saturated heterocycles. The predicted octanol–water partition coefficient (Wildman–Crippen LogP) is 2.11. The van der Waals surface area contributed by atoms with Crippen molar-refractivity contribution < 1.29 is 9.18 Å². The van der Waals surface area contributed by atoms with E-state index < -0.39 is 5.82 Å². The van der Waals surface area contributed by atoms with Crippen molar-refractivity contribution >= 4 is 23.2 Å². The molecule has 0 aliphatic carbocycles. The predicted molar refractivity (Wildman–Crippen MR) is 102 cm³/mol. The second-order valence-electron chi connectivity index (χ2n) is 6.28. The molecule has 0 aromatic carbocycles. The van der Waals surface area contributed by atoms with Gasteiger partial charge in [-0.15, -0.1) is 10.2 Å². The van der Waals surface area contributed by atoms with Crippen molar-refractivity contribution in [2.24, 2.45) is 0 Å². The SMILES string of the molecule is O=C(c1ccncc1F)N1CCN(c2ccc(Nc3cccnc3)nn2)CC1. The number of anilines is 3. The summed E-state index contributed by atoms with van der Waals surface area (Å²) < 4.78 is 13.8. The summed E-state index contributed by atoms with van der Waals surface area (Å²) in [7, 11) is 0. The zero-order valence-electron chi connectivity index (χ0n) is 15.0. The quantitative estimate of drug-likeness (QED) is 0.743. The fourth-order valence-corrected chi connectivity index (χ4v) is 3.00. The van der Waals surface area contributed by atoms with E-state index in [1.165, 1.54) is 12.3 Å². The van der Waals surface area contributed by atoms with Gasteiger partial charge in [0.1, 0.15) is 0 Å². The van der Waals surface area contributed by atoms with E-state index in [2.05, 4.69) is 25.5 Å². The first-order valence-electron chi connectivity index (χ1n) is 8.85. The van der Waals surface area contributed by atoms with E-state index in [1.807, 2.05) is 29.2 Å². The third-order valence-electron chi connectivity index (χ3n) is 4.48. The number of aromatic nitrogens is 4. The number of nitrogens with one attached hydrogen (secondary N) is 1. The lowest BCUT2D eigenvalue weighted by atomic mass is 10.2. The van der Waals surface area contributed by atoms with Gasteiger partial charge in [0, 0.05) is 38.6 Å². The maximum Gasteiger partial charge on any atom is 0.257 e. The fraction of sp³-hybridized carbons (Fsp3) is 0.211. The minimum Gasteiger partial charge on any atom is -0.352 e. The van der Waals surface area contributed by atoms with E-state index in [1.54, 1.807) is 17.3 Å². The highest BCUT2D eigenvalue weighted by Crippen LogP contribution is 2.18. The highest BCUT2D eigenvalue weighted by atomic mass is 19.1. The maximum atomic E-state index is 13.8. The van der Waals surface area contributed by atoms with Gasteiger partial charge in [-0.2, -0.15) is 0 Å². The summed E-state index contributed by atoms with van der Waals surface area (Å²) in [4.78, 5) is 23.9. The minimum atomic E-state index is -0.600. The van der Waals surface area contributed by atoms with E-state index in [0.717, 1.165) is 17.7 Å². The molecule has 0 bridgehead atoms. The molecule has 1 aliphatic rings. The van der Waals surface area contributed by atoms with Crippen LogP contribution in [0, 0.1) is 5.82 Å². The Morgan fingerprint density at radius 3 is 2.46 bits per heavy atom. The van der Waals surface area contributed by atoms with Crippen LogP contribution >= 0.6 is 0 Å². The van der Waals surface area contributed by atoms with Crippen LogP contribution in [-0.2, 0) is 0 Å². The first-order chi connectivity index (χ1) is 13.7. The molecule has 3 aromatic rings. The average Bonchev–Trinajstić information content (AvgIpc) is 2.75. The third kappa shape index (κ3) is 3.88. The van der Waals surface area contributed by atoms with Crippen molar-refractivity contribution in [2.75, 3.05) is 36.4 Å². The first-order valence-corrected chi connectivity index (χ1v) is 8.85. The van der Waals surface area contributed by atoms with Crippen molar-refractivity contribution in [3.8, 4) is 0 Å². The van der Waals surface area contributed by atoms with E-state index in [0.29, 0.717) is 32.0 Å². The smallest absolute Gasteiger partial charge is 0.257 e. The third-order valence-corrected chi connectivity index (χ3v) is 4.48. The molecule has 0 unspecified atom stereocenters. The van der Waals surface area contributed by atoms with Gasteiger partial charge in [-0.3, -0.25) is 14.8 Å². The number of nitrogens with zero attached hydrogens (tertiary/aromatic N) is 6. The molecule has 9 heteroatoms. The van der Waals surface area contributed by atoms with Gasteiger partial charge in [0.25, 0.3) is 5.91 Å². The maximum absolute atomic E-state index is 13.8. The lowest BCUT2D eigenvalue weighted by Gasteiger charge is -2.35. The number of carbonyl (C=O) groups is 1. The molecule has 3 aromatic heterocycles. The summed E-state index contributed by atoms with van der Waals surface area (Å²) in [5.41, 5.74) is 0.883. The van der Waals surface area contributed by atoms with Gasteiger partial charge < -0.3 is 15.1 Å². The molecule has 8 nitrogen and oxygen atoms in total. The summed E-state index contributed by atoms with van der Waals surface area (Å²) in [5.74, 6) is 0.441. The van der Waals surface area contributed by atoms with Crippen LogP contribution in [0.5, 0.6) is 0 Å². The van der Waals surface area contributed by atoms with Crippen molar-refractivity contribution in [3.63, 3.8) is 0 Å². The molecule has 28 heavy (non-hydrogen) atoms. The van der Waals surface area contributed by atoms with E-state index >= 15 is 0 Å². The van der Waals surface area contributed by atoms with E-state index in [4.69, 9.17) is 0 Å². The summed E-state index contributed by atoms with van der Waals surface area (Å²) in [6, 6.07) is 8.86. The molecular formula is C19H18FN7O. The Balaban J connectivity index is 1.36. The number of hydrogen-bond donors (Lipinski definition) is 1. The Labute approximate surface area is 161 Å². The number of carbonyl (C=O) groups excluding carboxylic acids is 1. The van der Waals surface area contributed by atoms with Gasteiger partial charge in [-0.1, -0.05) is 0 Å². The molecule has 4 rings (SSSR count). The van der Waals surface area contributed by atoms with Crippen LogP contribution < -0.4 is 10.2 Å². The lowest BCUT2D eigenvalue weighted by molar-refractivity contribution is 0.0741. The Kier molecular flexibility index (Phi) is 5.05. The highest BCUT2D eigenvalue weighted by Gasteiger charge is 2.24. The minimum absolute atomic E-state index is 0.0501. The lowest BCUT2D eigenvalue weighted by Crippen LogP contribution is -2.49. The van der Waals surface area contributed by atoms with Crippen molar-refractivity contribution in [1.29, 1.82) is 0 Å². The molecule has 0 radical (unpaired) electrons. The van der Waals surface area contributed by atoms with Crippen LogP contribution in [0.25, 0.3) is 0 Å². The Morgan fingerprint density at radius 1 is 0.964 bits per heavy atom. The molecule has 1 fully saturated rings. The van der Waals surface area contributed by atoms with Gasteiger partial charge >= 0.3 is 0 Å². The molecule has 1 N–H and O–H groups in total. The summed E-state index contributed by atoms with van der Waals surface area (Å²) in [6.07, 6.45) is 5.88. The zero-order chi connectivity index (χ0) is 19.3. The highest BCUT2D eigenvalue weighted by molar-refractivity contribution is 5.94. The second-order valence-corrected chi connectivity index (χ2v) is 6.28. The molecule has 4 heterocycles. The largest absolute Gasteiger partial charge is 0.352 e. The van der Waals surface area contributed by atoms with Crippen LogP contribution in [0.2, 0.25) is 0 Å². The molecule has 1 aliphatic heterocycles. The first kappa shape index (κ1) is 17.8. The molecule has 1 amide bonds. The molecule has 142 valence electrons. The van der Waals surface area contributed by atoms with Crippen LogP contribution in [0.15, 0.2) is 55.1 Å². The Morgan fingerprint density at radius 2 is 1.79 bits per heavy atom. The second kappa shape index (κ2) is 7.95. The monoisotopic (exact) mass is 379 g/mol. The molecule has 0 atom stereocenters. The van der Waals surface area contributed by atoms with Crippen molar-refractivity contribution in [3.05, 3.63) is 66.5 Å². The Bertz CT molecular complexity index is 944. The summed E-state index contributed by atoms with van der Waals surface area (Å²) >= 11 is 0. The number of rotatable bonds is 4. The number of amides is 1. The topological polar surface area (TPSA) is 87.1 Å². The van der Waals surface area contributed by atoms with Gasteiger partial charge in [-0.05, 0) is 30.3 Å². The van der Waals surface area contributed by atoms with Crippen LogP contribution in [0.3, 0.4) is 0 Å². The van der Waals surface area contributed by atoms with Crippen molar-refractivity contribution in [1.82, 2.24) is 25.1 Å². The molecule has 0 spiro atoms. The normalized spacial score (nSPS) is 14.0. The summed E-state index contributed by atoms with van der Waals surface area (Å²) in [5, 5.41) is 11.6. The van der Waals surface area contributed by atoms with Gasteiger partial charge in [0.05, 0.1) is 23.6 Å². The molecule has 0 saturated carbocycles. The standard InChI is InChI=1S/C19H18FN7O/c20-16-13-22-7-5-15(16)19(28)27-10-8-26(9-11-27)18-4-3-17(24-25-18)23-14-2-1-6-21-12-14/h1-7,12-13H,8-11H2,(H,23,24). The summed E-state index contributed by atoms with van der Waals surface area (Å²) in [6.45, 7) is 2.17. The Hall–Kier alpha value is -3.62. The number of halogens is 1. The van der Waals surface area contributed by atoms with Crippen LogP contribution in [0.4, 0.5) is 21.7 Å². The van der Waals surface area contributed by atoms with Crippen LogP contribution in [-0.4, -0.2) is 57.2 Å². The zero-order valence-corrected chi connectivity index (χ0v) is 15.0. The van der Waals surface area contributed by atoms with Gasteiger partial charge in [0.2, 0.25) is 0 Å². The number of hydrogen-bond acceptors (Lipinski definition) is 7. The fourth-order valence-electron chi connectivity index (χ4n) is 3.00. The van der Waals surface area contributed by atoms with Gasteiger partial charge in [0.15, 0.2) is 17.5 Å². The number of piperazine rings is 1. The van der Waals surface area contributed by atoms with Crippen LogP contribution in [0.1, 0.15) is 10.4 Å². The molecular weight excluding hydrogens is 361 g/mol.